The molecule has 1 saturated heterocycles. The number of nitrogens with one attached hydrogen (secondary N) is 1. The lowest BCUT2D eigenvalue weighted by Crippen LogP contribution is -2.35. The molecule has 0 saturated carbocycles. The number of aryl methyl sites for hydroxylation is 2. The molecular formula is C19H29N2O3-. The Hall–Kier alpha value is -1.40. The molecule has 1 fully saturated rings. The monoisotopic (exact) mass is 333 g/mol. The fraction of sp³-hybridized carbons (Fsp3) is 0.579. The average Bonchev–Trinajstić information content (AvgIpc) is 3.40. The molecule has 0 spiro atoms. The Morgan fingerprint density at radius 1 is 1.42 bits per heavy atom. The first-order chi connectivity index (χ1) is 11.5. The van der Waals surface area contributed by atoms with Gasteiger partial charge in [0.2, 0.25) is 0 Å². The van der Waals surface area contributed by atoms with E-state index in [1.807, 2.05) is 19.9 Å². The fourth-order valence-electron chi connectivity index (χ4n) is 2.40. The van der Waals surface area contributed by atoms with Crippen LogP contribution in [0.3, 0.4) is 0 Å². The smallest absolute Gasteiger partial charge is 0.104 e. The van der Waals surface area contributed by atoms with Crippen LogP contribution in [0.25, 0.3) is 6.08 Å². The van der Waals surface area contributed by atoms with Crippen molar-refractivity contribution < 1.29 is 9.47 Å². The number of hydroxylamine groups is 1. The van der Waals surface area contributed by atoms with Crippen molar-refractivity contribution in [2.75, 3.05) is 13.2 Å². The van der Waals surface area contributed by atoms with E-state index >= 15 is 0 Å². The van der Waals surface area contributed by atoms with Crippen LogP contribution in [-0.2, 0) is 22.5 Å². The van der Waals surface area contributed by atoms with Crippen LogP contribution in [0.1, 0.15) is 49.4 Å². The highest BCUT2D eigenvalue weighted by Gasteiger charge is 2.22. The number of epoxide rings is 1. The number of benzene rings is 1. The van der Waals surface area contributed by atoms with Crippen LogP contribution in [0.5, 0.6) is 0 Å². The van der Waals surface area contributed by atoms with Gasteiger partial charge in [0.1, 0.15) is 6.10 Å². The molecule has 2 unspecified atom stereocenters. The summed E-state index contributed by atoms with van der Waals surface area (Å²) in [5, 5.41) is 12.6. The molecule has 0 amide bonds. The Bertz CT molecular complexity index is 556. The van der Waals surface area contributed by atoms with E-state index in [1.165, 1.54) is 16.7 Å². The van der Waals surface area contributed by atoms with Gasteiger partial charge in [0, 0.05) is 12.2 Å². The first-order valence-corrected chi connectivity index (χ1v) is 8.75. The summed E-state index contributed by atoms with van der Waals surface area (Å²) >= 11 is 0. The van der Waals surface area contributed by atoms with Gasteiger partial charge in [0.05, 0.1) is 19.8 Å². The highest BCUT2D eigenvalue weighted by Crippen LogP contribution is 2.20. The van der Waals surface area contributed by atoms with E-state index in [0.29, 0.717) is 19.3 Å². The molecule has 1 aromatic carbocycles. The Labute approximate surface area is 145 Å². The van der Waals surface area contributed by atoms with E-state index in [2.05, 4.69) is 31.4 Å². The summed E-state index contributed by atoms with van der Waals surface area (Å²) in [7, 11) is 0. The highest BCUT2D eigenvalue weighted by molar-refractivity contribution is 5.56. The largest absolute Gasteiger partial charge is 0.767 e. The number of hydrazine groups is 1. The van der Waals surface area contributed by atoms with E-state index in [-0.39, 0.29) is 6.04 Å². The molecular weight excluding hydrogens is 304 g/mol. The summed E-state index contributed by atoms with van der Waals surface area (Å²) in [6, 6.07) is 4.31. The highest BCUT2D eigenvalue weighted by atomic mass is 16.6. The van der Waals surface area contributed by atoms with Gasteiger partial charge < -0.3 is 20.1 Å². The Morgan fingerprint density at radius 2 is 2.17 bits per heavy atom. The lowest BCUT2D eigenvalue weighted by atomic mass is 9.98. The maximum absolute atomic E-state index is 11.7. The SMILES string of the molecule is CCc1cc(COCC2CO2)c(C)cc1/C=C/NN([O-])C(C)CC. The van der Waals surface area contributed by atoms with Crippen molar-refractivity contribution in [3.05, 3.63) is 45.8 Å². The van der Waals surface area contributed by atoms with Gasteiger partial charge in [0.15, 0.2) is 0 Å². The molecule has 24 heavy (non-hydrogen) atoms. The van der Waals surface area contributed by atoms with Crippen molar-refractivity contribution in [3.8, 4) is 0 Å². The Balaban J connectivity index is 1.99. The molecule has 0 bridgehead atoms. The Kier molecular flexibility index (Phi) is 7.24. The van der Waals surface area contributed by atoms with Crippen LogP contribution in [0.4, 0.5) is 0 Å². The second-order valence-electron chi connectivity index (χ2n) is 6.35. The lowest BCUT2D eigenvalue weighted by molar-refractivity contribution is 0.104. The lowest BCUT2D eigenvalue weighted by Gasteiger charge is -2.33. The zero-order chi connectivity index (χ0) is 17.5. The second kappa shape index (κ2) is 9.18. The maximum Gasteiger partial charge on any atom is 0.104 e. The third-order valence-corrected chi connectivity index (χ3v) is 4.40. The molecule has 0 aromatic heterocycles. The van der Waals surface area contributed by atoms with Crippen molar-refractivity contribution in [3.63, 3.8) is 0 Å². The van der Waals surface area contributed by atoms with E-state index in [9.17, 15) is 5.21 Å². The van der Waals surface area contributed by atoms with Gasteiger partial charge in [-0.05, 0) is 55.0 Å². The first-order valence-electron chi connectivity index (χ1n) is 8.75. The number of ether oxygens (including phenoxy) is 2. The van der Waals surface area contributed by atoms with Crippen molar-refractivity contribution in [2.45, 2.75) is 59.3 Å². The Morgan fingerprint density at radius 3 is 2.79 bits per heavy atom. The summed E-state index contributed by atoms with van der Waals surface area (Å²) in [6.45, 7) is 10.2. The van der Waals surface area contributed by atoms with E-state index < -0.39 is 0 Å². The molecule has 5 nitrogen and oxygen atoms in total. The van der Waals surface area contributed by atoms with Crippen molar-refractivity contribution >= 4 is 6.08 Å². The van der Waals surface area contributed by atoms with Gasteiger partial charge in [-0.1, -0.05) is 26.0 Å². The zero-order valence-corrected chi connectivity index (χ0v) is 15.2. The molecule has 0 aliphatic carbocycles. The number of nitrogens with zero attached hydrogens (tertiary/aromatic N) is 1. The summed E-state index contributed by atoms with van der Waals surface area (Å²) in [4.78, 5) is 0. The topological polar surface area (TPSA) is 60.1 Å². The summed E-state index contributed by atoms with van der Waals surface area (Å²) < 4.78 is 10.9. The molecule has 1 aliphatic rings. The minimum absolute atomic E-state index is 0.0444. The summed E-state index contributed by atoms with van der Waals surface area (Å²) in [5.41, 5.74) is 7.57. The molecule has 2 atom stereocenters. The van der Waals surface area contributed by atoms with Gasteiger partial charge in [-0.3, -0.25) is 5.17 Å². The predicted molar refractivity (Wildman–Crippen MR) is 97.1 cm³/mol. The standard InChI is InChI=1S/C19H29N2O3/c1-5-15(4)21(22)20-8-7-17-9-14(3)18(10-16(17)6-2)11-23-12-19-13-24-19/h7-10,15,19-20H,5-6,11-13H2,1-4H3/q-1/b8-7+. The fourth-order valence-corrected chi connectivity index (χ4v) is 2.40. The second-order valence-corrected chi connectivity index (χ2v) is 6.35. The summed E-state index contributed by atoms with van der Waals surface area (Å²) in [6.07, 6.45) is 5.72. The number of hydrogen-bond donors (Lipinski definition) is 1. The van der Waals surface area contributed by atoms with Crippen LogP contribution in [-0.4, -0.2) is 30.5 Å². The minimum atomic E-state index is -0.0444. The quantitative estimate of drug-likeness (QED) is 0.524. The van der Waals surface area contributed by atoms with Crippen molar-refractivity contribution in [2.24, 2.45) is 0 Å². The molecule has 2 rings (SSSR count). The van der Waals surface area contributed by atoms with Crippen LogP contribution < -0.4 is 5.43 Å². The molecule has 134 valence electrons. The summed E-state index contributed by atoms with van der Waals surface area (Å²) in [5.74, 6) is 0. The molecule has 1 aliphatic heterocycles. The predicted octanol–water partition coefficient (Wildman–Crippen LogP) is 3.55. The van der Waals surface area contributed by atoms with Crippen molar-refractivity contribution in [1.29, 1.82) is 0 Å². The third-order valence-electron chi connectivity index (χ3n) is 4.40. The van der Waals surface area contributed by atoms with Crippen LogP contribution >= 0.6 is 0 Å². The molecule has 1 aromatic rings. The minimum Gasteiger partial charge on any atom is -0.767 e. The van der Waals surface area contributed by atoms with Crippen LogP contribution in [0, 0.1) is 12.1 Å². The molecule has 5 heteroatoms. The van der Waals surface area contributed by atoms with Gasteiger partial charge in [-0.2, -0.15) is 0 Å². The van der Waals surface area contributed by atoms with Gasteiger partial charge in [-0.15, -0.1) is 0 Å². The first kappa shape index (κ1) is 18.9. The van der Waals surface area contributed by atoms with Crippen molar-refractivity contribution in [1.82, 2.24) is 10.6 Å². The molecule has 1 N–H and O–H groups in total. The normalized spacial score (nSPS) is 18.3. The van der Waals surface area contributed by atoms with Gasteiger partial charge in [-0.25, -0.2) is 0 Å². The third kappa shape index (κ3) is 5.60. The van der Waals surface area contributed by atoms with Gasteiger partial charge >= 0.3 is 0 Å². The van der Waals surface area contributed by atoms with E-state index in [1.54, 1.807) is 6.20 Å². The van der Waals surface area contributed by atoms with E-state index in [0.717, 1.165) is 30.2 Å². The average molecular weight is 333 g/mol. The van der Waals surface area contributed by atoms with Crippen LogP contribution in [0.15, 0.2) is 18.3 Å². The number of rotatable bonds is 10. The van der Waals surface area contributed by atoms with Gasteiger partial charge in [0.25, 0.3) is 0 Å². The van der Waals surface area contributed by atoms with Crippen LogP contribution in [0.2, 0.25) is 0 Å². The maximum atomic E-state index is 11.7. The molecule has 1 heterocycles. The molecule has 0 radical (unpaired) electrons. The number of hydrogen-bond acceptors (Lipinski definition) is 5. The van der Waals surface area contributed by atoms with E-state index in [4.69, 9.17) is 9.47 Å². The zero-order valence-electron chi connectivity index (χ0n) is 15.2.